The van der Waals surface area contributed by atoms with Gasteiger partial charge in [-0.3, -0.25) is 0 Å². The molecule has 100 valence electrons. The minimum atomic E-state index is 0.190. The van der Waals surface area contributed by atoms with E-state index in [1.807, 2.05) is 36.4 Å². The van der Waals surface area contributed by atoms with Crippen LogP contribution < -0.4 is 10.1 Å². The predicted molar refractivity (Wildman–Crippen MR) is 76.4 cm³/mol. The maximum atomic E-state index is 9.72. The van der Waals surface area contributed by atoms with Crippen LogP contribution in [0.25, 0.3) is 0 Å². The lowest BCUT2D eigenvalue weighted by atomic mass is 10.1. The monoisotopic (exact) mass is 257 g/mol. The van der Waals surface area contributed by atoms with Gasteiger partial charge < -0.3 is 15.2 Å². The fraction of sp³-hybridized carbons (Fsp3) is 0.250. The summed E-state index contributed by atoms with van der Waals surface area (Å²) in [6.07, 6.45) is 0. The van der Waals surface area contributed by atoms with Gasteiger partial charge in [0.15, 0.2) is 0 Å². The Labute approximate surface area is 113 Å². The van der Waals surface area contributed by atoms with Crippen LogP contribution in [0.15, 0.2) is 48.5 Å². The highest BCUT2D eigenvalue weighted by atomic mass is 16.5. The highest BCUT2D eigenvalue weighted by Crippen LogP contribution is 2.20. The van der Waals surface area contributed by atoms with Gasteiger partial charge in [0.05, 0.1) is 7.11 Å². The number of phenols is 1. The molecule has 1 atom stereocenters. The van der Waals surface area contributed by atoms with Crippen LogP contribution in [0, 0.1) is 0 Å². The van der Waals surface area contributed by atoms with Crippen molar-refractivity contribution in [3.8, 4) is 11.5 Å². The molecule has 3 heteroatoms. The quantitative estimate of drug-likeness (QED) is 0.864. The van der Waals surface area contributed by atoms with Gasteiger partial charge in [0.2, 0.25) is 0 Å². The Morgan fingerprint density at radius 1 is 1.16 bits per heavy atom. The van der Waals surface area contributed by atoms with Crippen LogP contribution >= 0.6 is 0 Å². The van der Waals surface area contributed by atoms with Crippen LogP contribution in [0.3, 0.4) is 0 Å². The second kappa shape index (κ2) is 6.25. The Hall–Kier alpha value is -2.00. The van der Waals surface area contributed by atoms with Crippen molar-refractivity contribution in [2.24, 2.45) is 0 Å². The first-order valence-corrected chi connectivity index (χ1v) is 6.35. The number of hydrogen-bond acceptors (Lipinski definition) is 3. The van der Waals surface area contributed by atoms with Gasteiger partial charge in [0.25, 0.3) is 0 Å². The minimum absolute atomic E-state index is 0.190. The third-order valence-corrected chi connectivity index (χ3v) is 3.18. The maximum absolute atomic E-state index is 9.72. The van der Waals surface area contributed by atoms with Crippen LogP contribution in [0.2, 0.25) is 0 Å². The molecule has 0 aliphatic carbocycles. The normalized spacial score (nSPS) is 12.1. The third-order valence-electron chi connectivity index (χ3n) is 3.18. The number of hydrogen-bond donors (Lipinski definition) is 2. The molecule has 0 fully saturated rings. The van der Waals surface area contributed by atoms with Crippen molar-refractivity contribution in [3.05, 3.63) is 59.7 Å². The van der Waals surface area contributed by atoms with Crippen molar-refractivity contribution < 1.29 is 9.84 Å². The number of aromatic hydroxyl groups is 1. The number of ether oxygens (including phenoxy) is 1. The van der Waals surface area contributed by atoms with Crippen molar-refractivity contribution in [1.29, 1.82) is 0 Å². The molecule has 0 amide bonds. The van der Waals surface area contributed by atoms with E-state index in [1.165, 1.54) is 0 Å². The van der Waals surface area contributed by atoms with E-state index in [9.17, 15) is 5.11 Å². The molecule has 2 aromatic rings. The summed E-state index contributed by atoms with van der Waals surface area (Å²) in [6.45, 7) is 2.72. The van der Waals surface area contributed by atoms with Crippen LogP contribution in [0.5, 0.6) is 11.5 Å². The molecule has 0 radical (unpaired) electrons. The van der Waals surface area contributed by atoms with Gasteiger partial charge in [-0.2, -0.15) is 0 Å². The van der Waals surface area contributed by atoms with Gasteiger partial charge >= 0.3 is 0 Å². The standard InChI is InChI=1S/C16H19NO2/c1-12(13-7-5-8-15(10-13)19-2)17-11-14-6-3-4-9-16(14)18/h3-10,12,17-18H,11H2,1-2H3/t12-/m1/s1. The first-order valence-electron chi connectivity index (χ1n) is 6.35. The van der Waals surface area contributed by atoms with E-state index in [1.54, 1.807) is 13.2 Å². The first kappa shape index (κ1) is 13.4. The lowest BCUT2D eigenvalue weighted by Crippen LogP contribution is -2.18. The summed E-state index contributed by atoms with van der Waals surface area (Å²) < 4.78 is 5.22. The van der Waals surface area contributed by atoms with E-state index >= 15 is 0 Å². The first-order chi connectivity index (χ1) is 9.20. The molecular formula is C16H19NO2. The molecule has 0 aliphatic rings. The van der Waals surface area contributed by atoms with Crippen LogP contribution in [-0.2, 0) is 6.54 Å². The van der Waals surface area contributed by atoms with E-state index in [2.05, 4.69) is 18.3 Å². The average Bonchev–Trinajstić information content (AvgIpc) is 2.46. The second-order valence-electron chi connectivity index (χ2n) is 4.51. The third kappa shape index (κ3) is 3.48. The number of benzene rings is 2. The van der Waals surface area contributed by atoms with Crippen molar-refractivity contribution in [3.63, 3.8) is 0 Å². The zero-order chi connectivity index (χ0) is 13.7. The lowest BCUT2D eigenvalue weighted by Gasteiger charge is -2.15. The summed E-state index contributed by atoms with van der Waals surface area (Å²) in [5.41, 5.74) is 2.06. The molecular weight excluding hydrogens is 238 g/mol. The zero-order valence-corrected chi connectivity index (χ0v) is 11.3. The molecule has 0 aromatic heterocycles. The van der Waals surface area contributed by atoms with Crippen molar-refractivity contribution >= 4 is 0 Å². The fourth-order valence-electron chi connectivity index (χ4n) is 1.95. The Bertz CT molecular complexity index is 540. The minimum Gasteiger partial charge on any atom is -0.508 e. The zero-order valence-electron chi connectivity index (χ0n) is 11.3. The molecule has 0 spiro atoms. The van der Waals surface area contributed by atoms with Crippen LogP contribution in [0.4, 0.5) is 0 Å². The van der Waals surface area contributed by atoms with Gasteiger partial charge in [0, 0.05) is 18.2 Å². The summed E-state index contributed by atoms with van der Waals surface area (Å²) in [5, 5.41) is 13.1. The smallest absolute Gasteiger partial charge is 0.120 e. The molecule has 0 saturated carbocycles. The van der Waals surface area contributed by atoms with Crippen LogP contribution in [0.1, 0.15) is 24.1 Å². The highest BCUT2D eigenvalue weighted by Gasteiger charge is 2.07. The molecule has 3 nitrogen and oxygen atoms in total. The SMILES string of the molecule is COc1cccc([C@@H](C)NCc2ccccc2O)c1. The van der Waals surface area contributed by atoms with Gasteiger partial charge in [-0.15, -0.1) is 0 Å². The van der Waals surface area contributed by atoms with Gasteiger partial charge in [-0.25, -0.2) is 0 Å². The summed E-state index contributed by atoms with van der Waals surface area (Å²) >= 11 is 0. The molecule has 0 heterocycles. The molecule has 2 N–H and O–H groups in total. The Morgan fingerprint density at radius 3 is 2.68 bits per heavy atom. The van der Waals surface area contributed by atoms with Crippen molar-refractivity contribution in [2.75, 3.05) is 7.11 Å². The number of methoxy groups -OCH3 is 1. The Kier molecular flexibility index (Phi) is 4.42. The predicted octanol–water partition coefficient (Wildman–Crippen LogP) is 3.25. The lowest BCUT2D eigenvalue weighted by molar-refractivity contribution is 0.413. The van der Waals surface area contributed by atoms with E-state index in [-0.39, 0.29) is 6.04 Å². The maximum Gasteiger partial charge on any atom is 0.120 e. The molecule has 0 saturated heterocycles. The number of rotatable bonds is 5. The summed E-state index contributed by atoms with van der Waals surface area (Å²) in [6, 6.07) is 15.5. The summed E-state index contributed by atoms with van der Waals surface area (Å²) in [4.78, 5) is 0. The fourth-order valence-corrected chi connectivity index (χ4v) is 1.95. The highest BCUT2D eigenvalue weighted by molar-refractivity contribution is 5.33. The summed E-state index contributed by atoms with van der Waals surface area (Å²) in [5.74, 6) is 1.18. The van der Waals surface area contributed by atoms with Crippen LogP contribution in [-0.4, -0.2) is 12.2 Å². The van der Waals surface area contributed by atoms with Gasteiger partial charge in [0.1, 0.15) is 11.5 Å². The number of phenolic OH excluding ortho intramolecular Hbond substituents is 1. The van der Waals surface area contributed by atoms with Gasteiger partial charge in [-0.05, 0) is 30.7 Å². The number of para-hydroxylation sites is 1. The number of nitrogens with one attached hydrogen (secondary N) is 1. The van der Waals surface area contributed by atoms with E-state index in [4.69, 9.17) is 4.74 Å². The topological polar surface area (TPSA) is 41.5 Å². The van der Waals surface area contributed by atoms with E-state index in [0.29, 0.717) is 12.3 Å². The average molecular weight is 257 g/mol. The summed E-state index contributed by atoms with van der Waals surface area (Å²) in [7, 11) is 1.67. The second-order valence-corrected chi connectivity index (χ2v) is 4.51. The Morgan fingerprint density at radius 2 is 1.95 bits per heavy atom. The van der Waals surface area contributed by atoms with E-state index < -0.39 is 0 Å². The van der Waals surface area contributed by atoms with Gasteiger partial charge in [-0.1, -0.05) is 30.3 Å². The molecule has 2 aromatic carbocycles. The molecule has 0 bridgehead atoms. The largest absolute Gasteiger partial charge is 0.508 e. The molecule has 0 unspecified atom stereocenters. The Balaban J connectivity index is 2.01. The van der Waals surface area contributed by atoms with Crippen molar-refractivity contribution in [2.45, 2.75) is 19.5 Å². The van der Waals surface area contributed by atoms with Crippen molar-refractivity contribution in [1.82, 2.24) is 5.32 Å². The van der Waals surface area contributed by atoms with E-state index in [0.717, 1.165) is 16.9 Å². The molecule has 2 rings (SSSR count). The molecule has 19 heavy (non-hydrogen) atoms. The molecule has 0 aliphatic heterocycles.